The first-order chi connectivity index (χ1) is 10.6. The van der Waals surface area contributed by atoms with Gasteiger partial charge in [0.1, 0.15) is 0 Å². The Bertz CT molecular complexity index is 684. The van der Waals surface area contributed by atoms with Crippen LogP contribution in [0.5, 0.6) is 0 Å². The van der Waals surface area contributed by atoms with Gasteiger partial charge in [0.05, 0.1) is 19.0 Å². The van der Waals surface area contributed by atoms with Gasteiger partial charge >= 0.3 is 0 Å². The van der Waals surface area contributed by atoms with Crippen LogP contribution in [0.15, 0.2) is 54.6 Å². The summed E-state index contributed by atoms with van der Waals surface area (Å²) < 4.78 is 32.1. The van der Waals surface area contributed by atoms with E-state index < -0.39 is 10.0 Å². The lowest BCUT2D eigenvalue weighted by atomic mass is 10.1. The molecule has 0 radical (unpaired) electrons. The number of hydrogen-bond acceptors (Lipinski definition) is 3. The lowest BCUT2D eigenvalue weighted by molar-refractivity contribution is 0.126. The summed E-state index contributed by atoms with van der Waals surface area (Å²) in [4.78, 5) is 0. The van der Waals surface area contributed by atoms with Crippen LogP contribution >= 0.6 is 0 Å². The van der Waals surface area contributed by atoms with Crippen LogP contribution in [-0.2, 0) is 27.1 Å². The van der Waals surface area contributed by atoms with Crippen molar-refractivity contribution in [3.05, 3.63) is 71.3 Å². The fraction of sp³-hybridized carbons (Fsp3) is 0.294. The molecule has 0 aliphatic carbocycles. The fourth-order valence-electron chi connectivity index (χ4n) is 2.06. The molecule has 0 saturated carbocycles. The smallest absolute Gasteiger partial charge is 0.215 e. The zero-order chi connectivity index (χ0) is 15.8. The highest BCUT2D eigenvalue weighted by Gasteiger charge is 2.12. The normalized spacial score (nSPS) is 11.5. The number of rotatable bonds is 8. The molecule has 118 valence electrons. The molecule has 22 heavy (non-hydrogen) atoms. The maximum Gasteiger partial charge on any atom is 0.215 e. The van der Waals surface area contributed by atoms with Gasteiger partial charge in [0.15, 0.2) is 0 Å². The minimum Gasteiger partial charge on any atom is -0.375 e. The number of nitrogens with one attached hydrogen (secondary N) is 1. The molecule has 0 heterocycles. The predicted octanol–water partition coefficient (Wildman–Crippen LogP) is 2.63. The molecule has 0 aliphatic rings. The second-order valence-corrected chi connectivity index (χ2v) is 6.92. The Morgan fingerprint density at radius 1 is 1.00 bits per heavy atom. The van der Waals surface area contributed by atoms with E-state index in [0.29, 0.717) is 13.2 Å². The van der Waals surface area contributed by atoms with Crippen LogP contribution in [0.2, 0.25) is 0 Å². The number of benzene rings is 2. The number of ether oxygens (including phenoxy) is 1. The summed E-state index contributed by atoms with van der Waals surface area (Å²) in [5.41, 5.74) is 2.87. The summed E-state index contributed by atoms with van der Waals surface area (Å²) in [6, 6.07) is 17.3. The molecule has 0 aliphatic heterocycles. The van der Waals surface area contributed by atoms with E-state index in [0.717, 1.165) is 16.7 Å². The average molecular weight is 319 g/mol. The van der Waals surface area contributed by atoms with Gasteiger partial charge in [0.2, 0.25) is 10.0 Å². The van der Waals surface area contributed by atoms with Crippen LogP contribution in [-0.4, -0.2) is 21.6 Å². The van der Waals surface area contributed by atoms with Crippen LogP contribution < -0.4 is 4.72 Å². The zero-order valence-corrected chi connectivity index (χ0v) is 13.5. The molecular formula is C17H21NO3S. The molecule has 0 fully saturated rings. The predicted molar refractivity (Wildman–Crippen MR) is 87.9 cm³/mol. The molecule has 2 aromatic rings. The molecule has 0 saturated heterocycles. The van der Waals surface area contributed by atoms with E-state index in [1.54, 1.807) is 0 Å². The van der Waals surface area contributed by atoms with E-state index in [1.807, 2.05) is 61.5 Å². The second kappa shape index (κ2) is 8.08. The quantitative estimate of drug-likeness (QED) is 0.761. The van der Waals surface area contributed by atoms with E-state index in [-0.39, 0.29) is 12.3 Å². The second-order valence-electron chi connectivity index (χ2n) is 5.12. The van der Waals surface area contributed by atoms with Gasteiger partial charge in [0, 0.05) is 6.54 Å². The number of aryl methyl sites for hydroxylation is 1. The summed E-state index contributed by atoms with van der Waals surface area (Å²) in [7, 11) is -3.33. The molecule has 1 N–H and O–H groups in total. The highest BCUT2D eigenvalue weighted by Crippen LogP contribution is 2.10. The molecule has 0 atom stereocenters. The SMILES string of the molecule is Cc1ccccc1CS(=O)(=O)NCCOCc1ccccc1. The van der Waals surface area contributed by atoms with Crippen molar-refractivity contribution < 1.29 is 13.2 Å². The van der Waals surface area contributed by atoms with E-state index >= 15 is 0 Å². The van der Waals surface area contributed by atoms with E-state index in [1.165, 1.54) is 0 Å². The van der Waals surface area contributed by atoms with Crippen molar-refractivity contribution in [2.45, 2.75) is 19.3 Å². The number of sulfonamides is 1. The van der Waals surface area contributed by atoms with Crippen LogP contribution in [0, 0.1) is 6.92 Å². The molecule has 0 amide bonds. The van der Waals surface area contributed by atoms with E-state index in [4.69, 9.17) is 4.74 Å². The summed E-state index contributed by atoms with van der Waals surface area (Å²) >= 11 is 0. The molecule has 4 nitrogen and oxygen atoms in total. The molecule has 0 bridgehead atoms. The van der Waals surface area contributed by atoms with Crippen molar-refractivity contribution in [2.75, 3.05) is 13.2 Å². The Morgan fingerprint density at radius 3 is 2.41 bits per heavy atom. The largest absolute Gasteiger partial charge is 0.375 e. The molecule has 0 unspecified atom stereocenters. The van der Waals surface area contributed by atoms with Crippen LogP contribution in [0.3, 0.4) is 0 Å². The first-order valence-electron chi connectivity index (χ1n) is 7.20. The minimum atomic E-state index is -3.33. The molecule has 0 aromatic heterocycles. The Hall–Kier alpha value is -1.69. The van der Waals surface area contributed by atoms with Crippen LogP contribution in [0.4, 0.5) is 0 Å². The molecule has 5 heteroatoms. The van der Waals surface area contributed by atoms with Gasteiger partial charge < -0.3 is 4.74 Å². The highest BCUT2D eigenvalue weighted by molar-refractivity contribution is 7.88. The van der Waals surface area contributed by atoms with Crippen molar-refractivity contribution in [3.63, 3.8) is 0 Å². The summed E-state index contributed by atoms with van der Waals surface area (Å²) in [5.74, 6) is -0.00163. The minimum absolute atomic E-state index is 0.00163. The van der Waals surface area contributed by atoms with Crippen molar-refractivity contribution in [2.24, 2.45) is 0 Å². The van der Waals surface area contributed by atoms with Gasteiger partial charge in [-0.2, -0.15) is 0 Å². The first-order valence-corrected chi connectivity index (χ1v) is 8.85. The van der Waals surface area contributed by atoms with Gasteiger partial charge in [-0.25, -0.2) is 13.1 Å². The molecule has 0 spiro atoms. The third-order valence-corrected chi connectivity index (χ3v) is 4.62. The van der Waals surface area contributed by atoms with Crippen molar-refractivity contribution >= 4 is 10.0 Å². The Morgan fingerprint density at radius 2 is 1.68 bits per heavy atom. The van der Waals surface area contributed by atoms with Gasteiger partial charge in [-0.15, -0.1) is 0 Å². The van der Waals surface area contributed by atoms with Crippen LogP contribution in [0.1, 0.15) is 16.7 Å². The number of hydrogen-bond donors (Lipinski definition) is 1. The van der Waals surface area contributed by atoms with Gasteiger partial charge in [-0.05, 0) is 23.6 Å². The average Bonchev–Trinajstić information content (AvgIpc) is 2.50. The zero-order valence-electron chi connectivity index (χ0n) is 12.7. The third kappa shape index (κ3) is 5.60. The Kier molecular flexibility index (Phi) is 6.12. The Balaban J connectivity index is 1.73. The standard InChI is InChI=1S/C17H21NO3S/c1-15-7-5-6-10-17(15)14-22(19,20)18-11-12-21-13-16-8-3-2-4-9-16/h2-10,18H,11-14H2,1H3. The monoisotopic (exact) mass is 319 g/mol. The molecular weight excluding hydrogens is 298 g/mol. The lowest BCUT2D eigenvalue weighted by Crippen LogP contribution is -2.28. The topological polar surface area (TPSA) is 55.4 Å². The Labute approximate surface area is 132 Å². The third-order valence-electron chi connectivity index (χ3n) is 3.29. The maximum atomic E-state index is 12.0. The van der Waals surface area contributed by atoms with E-state index in [2.05, 4.69) is 4.72 Å². The maximum absolute atomic E-state index is 12.0. The van der Waals surface area contributed by atoms with Gasteiger partial charge in [-0.1, -0.05) is 54.6 Å². The van der Waals surface area contributed by atoms with E-state index in [9.17, 15) is 8.42 Å². The highest BCUT2D eigenvalue weighted by atomic mass is 32.2. The van der Waals surface area contributed by atoms with Crippen LogP contribution in [0.25, 0.3) is 0 Å². The fourth-order valence-corrected chi connectivity index (χ4v) is 3.29. The lowest BCUT2D eigenvalue weighted by Gasteiger charge is -2.09. The van der Waals surface area contributed by atoms with Crippen molar-refractivity contribution in [1.82, 2.24) is 4.72 Å². The first kappa shape index (κ1) is 16.7. The van der Waals surface area contributed by atoms with Crippen molar-refractivity contribution in [3.8, 4) is 0 Å². The molecule has 2 aromatic carbocycles. The van der Waals surface area contributed by atoms with Gasteiger partial charge in [-0.3, -0.25) is 0 Å². The summed E-state index contributed by atoms with van der Waals surface area (Å²) in [6.45, 7) is 3.02. The summed E-state index contributed by atoms with van der Waals surface area (Å²) in [6.07, 6.45) is 0. The van der Waals surface area contributed by atoms with Crippen molar-refractivity contribution in [1.29, 1.82) is 0 Å². The van der Waals surface area contributed by atoms with Gasteiger partial charge in [0.25, 0.3) is 0 Å². The summed E-state index contributed by atoms with van der Waals surface area (Å²) in [5, 5.41) is 0. The molecule has 2 rings (SSSR count).